The lowest BCUT2D eigenvalue weighted by atomic mass is 10.1. The Labute approximate surface area is 86.6 Å². The lowest BCUT2D eigenvalue weighted by Crippen LogP contribution is -2.09. The summed E-state index contributed by atoms with van der Waals surface area (Å²) in [5.41, 5.74) is 0.150. The van der Waals surface area contributed by atoms with Crippen LogP contribution in [0.2, 0.25) is 0 Å². The second kappa shape index (κ2) is 4.99. The van der Waals surface area contributed by atoms with Crippen LogP contribution in [0.15, 0.2) is 30.2 Å². The molecule has 1 aromatic heterocycles. The molecule has 0 amide bonds. The van der Waals surface area contributed by atoms with Gasteiger partial charge in [-0.1, -0.05) is 13.0 Å². The molecule has 0 radical (unpaired) electrons. The van der Waals surface area contributed by atoms with Crippen molar-refractivity contribution in [1.82, 2.24) is 4.98 Å². The maximum atomic E-state index is 11.2. The smallest absolute Gasteiger partial charge is 0.287 e. The summed E-state index contributed by atoms with van der Waals surface area (Å²) in [5, 5.41) is 10.6. The lowest BCUT2D eigenvalue weighted by molar-refractivity contribution is -0.417. The number of hydrogen-bond acceptors (Lipinski definition) is 4. The largest absolute Gasteiger partial charge is 0.312 e. The Morgan fingerprint density at radius 2 is 2.40 bits per heavy atom. The summed E-state index contributed by atoms with van der Waals surface area (Å²) in [6, 6.07) is 3.30. The van der Waals surface area contributed by atoms with Gasteiger partial charge in [-0.15, -0.1) is 0 Å². The zero-order valence-electron chi connectivity index (χ0n) is 8.21. The van der Waals surface area contributed by atoms with Gasteiger partial charge in [0.1, 0.15) is 0 Å². The van der Waals surface area contributed by atoms with E-state index in [1.54, 1.807) is 25.3 Å². The molecule has 15 heavy (non-hydrogen) atoms. The minimum Gasteiger partial charge on any atom is -0.287 e. The Morgan fingerprint density at radius 1 is 1.67 bits per heavy atom. The van der Waals surface area contributed by atoms with Crippen molar-refractivity contribution in [2.45, 2.75) is 13.3 Å². The van der Waals surface area contributed by atoms with Gasteiger partial charge >= 0.3 is 5.70 Å². The third-order valence-corrected chi connectivity index (χ3v) is 1.79. The molecule has 1 aromatic rings. The summed E-state index contributed by atoms with van der Waals surface area (Å²) >= 11 is 0. The van der Waals surface area contributed by atoms with Gasteiger partial charge in [-0.05, 0) is 11.6 Å². The number of ketones is 1. The summed E-state index contributed by atoms with van der Waals surface area (Å²) in [6.45, 7) is 1.59. The molecule has 1 rings (SSSR count). The zero-order chi connectivity index (χ0) is 11.3. The molecule has 1 heterocycles. The molecule has 0 unspecified atom stereocenters. The van der Waals surface area contributed by atoms with Crippen molar-refractivity contribution in [1.29, 1.82) is 0 Å². The maximum absolute atomic E-state index is 11.2. The van der Waals surface area contributed by atoms with Gasteiger partial charge < -0.3 is 0 Å². The summed E-state index contributed by atoms with van der Waals surface area (Å²) in [6.07, 6.45) is 4.38. The molecule has 0 N–H and O–H groups in total. The first-order chi connectivity index (χ1) is 7.15. The van der Waals surface area contributed by atoms with E-state index in [1.165, 1.54) is 12.3 Å². The van der Waals surface area contributed by atoms with Crippen LogP contribution in [0, 0.1) is 10.1 Å². The van der Waals surface area contributed by atoms with E-state index < -0.39 is 16.4 Å². The van der Waals surface area contributed by atoms with E-state index in [0.29, 0.717) is 5.56 Å². The van der Waals surface area contributed by atoms with Crippen LogP contribution in [0.5, 0.6) is 0 Å². The molecule has 5 nitrogen and oxygen atoms in total. The number of hydrogen-bond donors (Lipinski definition) is 0. The number of nitrogens with zero attached hydrogens (tertiary/aromatic N) is 2. The summed E-state index contributed by atoms with van der Waals surface area (Å²) in [5.74, 6) is -0.483. The molecule has 0 saturated heterocycles. The Bertz CT molecular complexity index is 398. The lowest BCUT2D eigenvalue weighted by Gasteiger charge is -1.95. The van der Waals surface area contributed by atoms with Crippen molar-refractivity contribution in [2.24, 2.45) is 0 Å². The van der Waals surface area contributed by atoms with Crippen LogP contribution in [0.3, 0.4) is 0 Å². The molecule has 0 bridgehead atoms. The Hall–Kier alpha value is -2.04. The third-order valence-electron chi connectivity index (χ3n) is 1.79. The average molecular weight is 206 g/mol. The second-order valence-corrected chi connectivity index (χ2v) is 2.85. The highest BCUT2D eigenvalue weighted by atomic mass is 16.6. The Morgan fingerprint density at radius 3 is 2.87 bits per heavy atom. The van der Waals surface area contributed by atoms with Crippen molar-refractivity contribution >= 4 is 11.9 Å². The first kappa shape index (κ1) is 11.0. The molecule has 0 saturated carbocycles. The zero-order valence-corrected chi connectivity index (χ0v) is 8.21. The highest BCUT2D eigenvalue weighted by Gasteiger charge is 2.19. The summed E-state index contributed by atoms with van der Waals surface area (Å²) < 4.78 is 0. The number of Topliss-reactive ketones (excluding diaryl/α,β-unsaturated/α-hetero) is 1. The van der Waals surface area contributed by atoms with Gasteiger partial charge in [-0.3, -0.25) is 19.9 Å². The van der Waals surface area contributed by atoms with Gasteiger partial charge in [0.05, 0.1) is 4.92 Å². The highest BCUT2D eigenvalue weighted by Crippen LogP contribution is 2.08. The van der Waals surface area contributed by atoms with E-state index >= 15 is 0 Å². The number of aromatic nitrogens is 1. The Balaban J connectivity index is 3.05. The molecule has 0 aliphatic rings. The van der Waals surface area contributed by atoms with Crippen LogP contribution in [0.1, 0.15) is 18.9 Å². The minimum atomic E-state index is -0.668. The molecule has 0 spiro atoms. The van der Waals surface area contributed by atoms with Crippen molar-refractivity contribution in [3.8, 4) is 0 Å². The molecule has 5 heteroatoms. The van der Waals surface area contributed by atoms with Crippen molar-refractivity contribution in [2.75, 3.05) is 0 Å². The summed E-state index contributed by atoms with van der Waals surface area (Å²) in [7, 11) is 0. The Kier molecular flexibility index (Phi) is 3.68. The summed E-state index contributed by atoms with van der Waals surface area (Å²) in [4.78, 5) is 25.0. The highest BCUT2D eigenvalue weighted by molar-refractivity contribution is 5.96. The van der Waals surface area contributed by atoms with Crippen molar-refractivity contribution in [3.63, 3.8) is 0 Å². The van der Waals surface area contributed by atoms with Crippen LogP contribution >= 0.6 is 0 Å². The van der Waals surface area contributed by atoms with Gasteiger partial charge in [0, 0.05) is 24.9 Å². The molecule has 0 atom stereocenters. The van der Waals surface area contributed by atoms with Crippen LogP contribution in [-0.4, -0.2) is 15.7 Å². The van der Waals surface area contributed by atoms with E-state index in [0.717, 1.165) is 0 Å². The predicted octanol–water partition coefficient (Wildman–Crippen LogP) is 1.68. The van der Waals surface area contributed by atoms with Gasteiger partial charge in [-0.2, -0.15) is 0 Å². The maximum Gasteiger partial charge on any atom is 0.312 e. The van der Waals surface area contributed by atoms with Crippen LogP contribution in [0.4, 0.5) is 0 Å². The standard InChI is InChI=1S/C10H10N2O3/c1-2-10(13)9(12(14)15)6-8-4-3-5-11-7-8/h3-7H,2H2,1H3. The number of carbonyl (C=O) groups excluding carboxylic acids is 1. The monoisotopic (exact) mass is 206 g/mol. The van der Waals surface area contributed by atoms with Gasteiger partial charge in [-0.25, -0.2) is 0 Å². The fraction of sp³-hybridized carbons (Fsp3) is 0.200. The molecule has 0 aliphatic heterocycles. The number of rotatable bonds is 4. The SMILES string of the molecule is CCC(=O)C(=Cc1cccnc1)[N+](=O)[O-]. The predicted molar refractivity (Wildman–Crippen MR) is 54.5 cm³/mol. The molecule has 0 aromatic carbocycles. The van der Waals surface area contributed by atoms with Crippen LogP contribution in [0.25, 0.3) is 6.08 Å². The van der Waals surface area contributed by atoms with Crippen LogP contribution in [-0.2, 0) is 4.79 Å². The van der Waals surface area contributed by atoms with E-state index in [4.69, 9.17) is 0 Å². The van der Waals surface area contributed by atoms with Gasteiger partial charge in [0.25, 0.3) is 0 Å². The van der Waals surface area contributed by atoms with E-state index in [2.05, 4.69) is 4.98 Å². The number of pyridine rings is 1. The minimum absolute atomic E-state index is 0.118. The fourth-order valence-electron chi connectivity index (χ4n) is 1.04. The number of allylic oxidation sites excluding steroid dienone is 1. The first-order valence-electron chi connectivity index (χ1n) is 4.44. The molecule has 78 valence electrons. The van der Waals surface area contributed by atoms with Crippen LogP contribution < -0.4 is 0 Å². The van der Waals surface area contributed by atoms with E-state index in [1.807, 2.05) is 0 Å². The molecular formula is C10H10N2O3. The normalized spacial score (nSPS) is 11.1. The molecular weight excluding hydrogens is 196 g/mol. The fourth-order valence-corrected chi connectivity index (χ4v) is 1.04. The number of nitro groups is 1. The third kappa shape index (κ3) is 2.98. The van der Waals surface area contributed by atoms with Gasteiger partial charge in [0.15, 0.2) is 0 Å². The molecule has 0 fully saturated rings. The van der Waals surface area contributed by atoms with E-state index in [9.17, 15) is 14.9 Å². The van der Waals surface area contributed by atoms with E-state index in [-0.39, 0.29) is 6.42 Å². The molecule has 0 aliphatic carbocycles. The average Bonchev–Trinajstić information content (AvgIpc) is 2.26. The quantitative estimate of drug-likeness (QED) is 0.426. The topological polar surface area (TPSA) is 73.1 Å². The van der Waals surface area contributed by atoms with Gasteiger partial charge in [0.2, 0.25) is 5.78 Å². The first-order valence-corrected chi connectivity index (χ1v) is 4.44. The number of carbonyl (C=O) groups is 1. The second-order valence-electron chi connectivity index (χ2n) is 2.85. The van der Waals surface area contributed by atoms with Crippen molar-refractivity contribution in [3.05, 3.63) is 45.9 Å². The van der Waals surface area contributed by atoms with Crippen molar-refractivity contribution < 1.29 is 9.72 Å².